The molecular formula is C14H14N2O3. The Bertz CT molecular complexity index is 617. The summed E-state index contributed by atoms with van der Waals surface area (Å²) in [6.45, 7) is 2.16. The molecule has 5 nitrogen and oxygen atoms in total. The number of rotatable bonds is 4. The molecule has 19 heavy (non-hydrogen) atoms. The van der Waals surface area contributed by atoms with Gasteiger partial charge in [0.1, 0.15) is 0 Å². The number of carbonyl (C=O) groups excluding carboxylic acids is 1. The lowest BCUT2D eigenvalue weighted by Crippen LogP contribution is -2.07. The number of H-pyrrole nitrogens is 1. The van der Waals surface area contributed by atoms with Crippen LogP contribution in [0.5, 0.6) is 0 Å². The molecule has 0 aliphatic rings. The first kappa shape index (κ1) is 13.0. The van der Waals surface area contributed by atoms with Gasteiger partial charge in [-0.25, -0.2) is 5.10 Å². The van der Waals surface area contributed by atoms with E-state index in [0.29, 0.717) is 6.61 Å². The van der Waals surface area contributed by atoms with Crippen molar-refractivity contribution in [3.8, 4) is 11.1 Å². The van der Waals surface area contributed by atoms with Gasteiger partial charge in [-0.15, -0.1) is 0 Å². The maximum atomic E-state index is 11.3. The van der Waals surface area contributed by atoms with Crippen molar-refractivity contribution < 1.29 is 9.53 Å². The Morgan fingerprint density at radius 3 is 2.63 bits per heavy atom. The molecule has 1 N–H and O–H groups in total. The number of carbonyl (C=O) groups is 1. The molecule has 0 fully saturated rings. The fraction of sp³-hybridized carbons (Fsp3) is 0.214. The van der Waals surface area contributed by atoms with E-state index in [1.54, 1.807) is 13.1 Å². The van der Waals surface area contributed by atoms with Crippen LogP contribution >= 0.6 is 0 Å². The lowest BCUT2D eigenvalue weighted by Gasteiger charge is -2.04. The van der Waals surface area contributed by atoms with Crippen molar-refractivity contribution in [1.82, 2.24) is 10.2 Å². The summed E-state index contributed by atoms with van der Waals surface area (Å²) in [6.07, 6.45) is 1.84. The molecule has 0 spiro atoms. The molecule has 5 heteroatoms. The molecule has 0 saturated carbocycles. The van der Waals surface area contributed by atoms with Gasteiger partial charge in [0.05, 0.1) is 19.2 Å². The molecule has 2 aromatic rings. The molecule has 0 radical (unpaired) electrons. The van der Waals surface area contributed by atoms with E-state index in [-0.39, 0.29) is 17.9 Å². The minimum absolute atomic E-state index is 0.242. The molecule has 98 valence electrons. The van der Waals surface area contributed by atoms with Crippen LogP contribution in [0.4, 0.5) is 0 Å². The molecule has 2 rings (SSSR count). The zero-order valence-corrected chi connectivity index (χ0v) is 10.6. The minimum atomic E-state index is -0.243. The van der Waals surface area contributed by atoms with Crippen molar-refractivity contribution in [2.75, 3.05) is 6.61 Å². The number of nitrogens with one attached hydrogen (secondary N) is 1. The quantitative estimate of drug-likeness (QED) is 0.844. The Labute approximate surface area is 110 Å². The summed E-state index contributed by atoms with van der Waals surface area (Å²) in [4.78, 5) is 22.5. The van der Waals surface area contributed by atoms with Crippen LogP contribution in [0.1, 0.15) is 12.5 Å². The van der Waals surface area contributed by atoms with Gasteiger partial charge in [-0.1, -0.05) is 24.3 Å². The molecule has 0 saturated heterocycles. The van der Waals surface area contributed by atoms with Crippen LogP contribution < -0.4 is 5.56 Å². The van der Waals surface area contributed by atoms with Gasteiger partial charge >= 0.3 is 5.97 Å². The van der Waals surface area contributed by atoms with Gasteiger partial charge in [-0.2, -0.15) is 5.10 Å². The summed E-state index contributed by atoms with van der Waals surface area (Å²) in [7, 11) is 0. The van der Waals surface area contributed by atoms with Crippen LogP contribution in [-0.2, 0) is 16.0 Å². The maximum Gasteiger partial charge on any atom is 0.310 e. The van der Waals surface area contributed by atoms with Crippen molar-refractivity contribution in [2.24, 2.45) is 0 Å². The highest BCUT2D eigenvalue weighted by Crippen LogP contribution is 2.17. The van der Waals surface area contributed by atoms with E-state index in [9.17, 15) is 9.59 Å². The summed E-state index contributed by atoms with van der Waals surface area (Å²) in [5, 5.41) is 6.07. The number of aromatic nitrogens is 2. The zero-order chi connectivity index (χ0) is 13.7. The van der Waals surface area contributed by atoms with Crippen LogP contribution in [0.2, 0.25) is 0 Å². The van der Waals surface area contributed by atoms with Crippen molar-refractivity contribution in [3.05, 3.63) is 52.4 Å². The van der Waals surface area contributed by atoms with E-state index >= 15 is 0 Å². The van der Waals surface area contributed by atoms with Gasteiger partial charge in [0.2, 0.25) is 0 Å². The molecule has 0 atom stereocenters. The molecule has 0 amide bonds. The molecule has 0 aliphatic heterocycles. The molecular weight excluding hydrogens is 244 g/mol. The topological polar surface area (TPSA) is 72.0 Å². The predicted octanol–water partition coefficient (Wildman–Crippen LogP) is 1.54. The lowest BCUT2D eigenvalue weighted by atomic mass is 10.0. The standard InChI is InChI=1S/C14H14N2O3/c1-2-19-14(18)7-10-3-5-11(6-4-10)12-8-13(17)16-15-9-12/h3-6,8-9H,2,7H2,1H3,(H,16,17). The van der Waals surface area contributed by atoms with Crippen molar-refractivity contribution in [3.63, 3.8) is 0 Å². The van der Waals surface area contributed by atoms with E-state index in [4.69, 9.17) is 4.74 Å². The molecule has 0 unspecified atom stereocenters. The molecule has 1 aromatic heterocycles. The van der Waals surface area contributed by atoms with E-state index in [2.05, 4.69) is 10.2 Å². The van der Waals surface area contributed by atoms with Gasteiger partial charge in [0.15, 0.2) is 0 Å². The van der Waals surface area contributed by atoms with Crippen LogP contribution in [0.25, 0.3) is 11.1 Å². The number of ether oxygens (including phenoxy) is 1. The summed E-state index contributed by atoms with van der Waals surface area (Å²) in [6, 6.07) is 8.87. The first-order valence-electron chi connectivity index (χ1n) is 5.98. The number of aromatic amines is 1. The molecule has 1 heterocycles. The second-order valence-electron chi connectivity index (χ2n) is 4.01. The number of esters is 1. The number of benzene rings is 1. The van der Waals surface area contributed by atoms with Crippen LogP contribution in [-0.4, -0.2) is 22.8 Å². The van der Waals surface area contributed by atoms with Crippen molar-refractivity contribution in [1.29, 1.82) is 0 Å². The second kappa shape index (κ2) is 5.95. The largest absolute Gasteiger partial charge is 0.466 e. The smallest absolute Gasteiger partial charge is 0.310 e. The van der Waals surface area contributed by atoms with Crippen molar-refractivity contribution in [2.45, 2.75) is 13.3 Å². The fourth-order valence-electron chi connectivity index (χ4n) is 1.73. The van der Waals surface area contributed by atoms with E-state index in [0.717, 1.165) is 16.7 Å². The highest BCUT2D eigenvalue weighted by atomic mass is 16.5. The van der Waals surface area contributed by atoms with Gasteiger partial charge < -0.3 is 4.74 Å². The van der Waals surface area contributed by atoms with Crippen LogP contribution in [0.15, 0.2) is 41.3 Å². The SMILES string of the molecule is CCOC(=O)Cc1ccc(-c2cn[nH]c(=O)c2)cc1. The summed E-state index contributed by atoms with van der Waals surface area (Å²) >= 11 is 0. The Morgan fingerprint density at radius 1 is 1.26 bits per heavy atom. The summed E-state index contributed by atoms with van der Waals surface area (Å²) in [5.41, 5.74) is 2.26. The predicted molar refractivity (Wildman–Crippen MR) is 70.6 cm³/mol. The lowest BCUT2D eigenvalue weighted by molar-refractivity contribution is -0.142. The van der Waals surface area contributed by atoms with Crippen molar-refractivity contribution >= 4 is 5.97 Å². The van der Waals surface area contributed by atoms with E-state index in [1.165, 1.54) is 6.07 Å². The highest BCUT2D eigenvalue weighted by molar-refractivity contribution is 5.73. The van der Waals surface area contributed by atoms with Gasteiger partial charge in [0, 0.05) is 11.6 Å². The Kier molecular flexibility index (Phi) is 4.07. The third-order valence-corrected chi connectivity index (χ3v) is 2.61. The zero-order valence-electron chi connectivity index (χ0n) is 10.6. The Morgan fingerprint density at radius 2 is 2.00 bits per heavy atom. The fourth-order valence-corrected chi connectivity index (χ4v) is 1.73. The van der Waals surface area contributed by atoms with E-state index in [1.807, 2.05) is 24.3 Å². The van der Waals surface area contributed by atoms with E-state index < -0.39 is 0 Å². The average Bonchev–Trinajstić information content (AvgIpc) is 2.40. The van der Waals surface area contributed by atoms with Gasteiger partial charge in [0.25, 0.3) is 5.56 Å². The van der Waals surface area contributed by atoms with Gasteiger partial charge in [-0.3, -0.25) is 9.59 Å². The second-order valence-corrected chi connectivity index (χ2v) is 4.01. The normalized spacial score (nSPS) is 10.2. The number of nitrogens with zero attached hydrogens (tertiary/aromatic N) is 1. The first-order valence-corrected chi connectivity index (χ1v) is 5.98. The van der Waals surface area contributed by atoms with Gasteiger partial charge in [-0.05, 0) is 18.1 Å². The maximum absolute atomic E-state index is 11.3. The number of hydrogen-bond acceptors (Lipinski definition) is 4. The Hall–Kier alpha value is -2.43. The monoisotopic (exact) mass is 258 g/mol. The molecule has 1 aromatic carbocycles. The number of hydrogen-bond donors (Lipinski definition) is 1. The minimum Gasteiger partial charge on any atom is -0.466 e. The third kappa shape index (κ3) is 3.51. The highest BCUT2D eigenvalue weighted by Gasteiger charge is 2.04. The average molecular weight is 258 g/mol. The van der Waals surface area contributed by atoms with Crippen LogP contribution in [0, 0.1) is 0 Å². The molecule has 0 bridgehead atoms. The molecule has 0 aliphatic carbocycles. The first-order chi connectivity index (χ1) is 9.19. The Balaban J connectivity index is 2.14. The van der Waals surface area contributed by atoms with Crippen LogP contribution in [0.3, 0.4) is 0 Å². The summed E-state index contributed by atoms with van der Waals surface area (Å²) < 4.78 is 4.88. The third-order valence-electron chi connectivity index (χ3n) is 2.61. The summed E-state index contributed by atoms with van der Waals surface area (Å²) in [5.74, 6) is -0.243.